The lowest BCUT2D eigenvalue weighted by Gasteiger charge is -2.07. The van der Waals surface area contributed by atoms with Crippen molar-refractivity contribution in [3.05, 3.63) is 24.3 Å². The van der Waals surface area contributed by atoms with Gasteiger partial charge in [-0.15, -0.1) is 11.6 Å². The molecule has 0 aliphatic rings. The van der Waals surface area contributed by atoms with Crippen LogP contribution in [-0.4, -0.2) is 20.2 Å². The number of anilines is 1. The number of ether oxygens (including phenoxy) is 1. The van der Waals surface area contributed by atoms with Crippen molar-refractivity contribution in [2.45, 2.75) is 6.61 Å². The molecule has 0 fully saturated rings. The zero-order valence-corrected chi connectivity index (χ0v) is 9.43. The molecule has 0 atom stereocenters. The van der Waals surface area contributed by atoms with E-state index in [-0.39, 0.29) is 11.4 Å². The summed E-state index contributed by atoms with van der Waals surface area (Å²) in [4.78, 5) is 0. The van der Waals surface area contributed by atoms with Crippen molar-refractivity contribution >= 4 is 27.3 Å². The Hall–Kier alpha value is -1.08. The van der Waals surface area contributed by atoms with Crippen molar-refractivity contribution in [2.24, 2.45) is 0 Å². The predicted octanol–water partition coefficient (Wildman–Crippen LogP) is 2.23. The van der Waals surface area contributed by atoms with Gasteiger partial charge in [0.05, 0.1) is 0 Å². The molecule has 1 aromatic carbocycles. The molecule has 0 saturated carbocycles. The molecule has 4 nitrogen and oxygen atoms in total. The van der Waals surface area contributed by atoms with Crippen molar-refractivity contribution in [3.63, 3.8) is 0 Å². The first-order valence-corrected chi connectivity index (χ1v) is 6.23. The fraction of sp³-hybridized carbons (Fsp3) is 0.250. The van der Waals surface area contributed by atoms with Crippen molar-refractivity contribution in [2.75, 3.05) is 9.93 Å². The summed E-state index contributed by atoms with van der Waals surface area (Å²) >= 11 is 5.17. The van der Waals surface area contributed by atoms with Crippen LogP contribution in [0.4, 0.5) is 14.5 Å². The molecule has 0 heterocycles. The average Bonchev–Trinajstić information content (AvgIpc) is 2.20. The second-order valence-electron chi connectivity index (χ2n) is 2.73. The average molecular weight is 272 g/mol. The summed E-state index contributed by atoms with van der Waals surface area (Å²) in [6.45, 7) is -2.91. The first kappa shape index (κ1) is 13.0. The van der Waals surface area contributed by atoms with E-state index in [4.69, 9.17) is 11.6 Å². The maximum atomic E-state index is 11.8. The van der Waals surface area contributed by atoms with Crippen molar-refractivity contribution in [1.29, 1.82) is 0 Å². The highest BCUT2D eigenvalue weighted by Gasteiger charge is 2.08. The highest BCUT2D eigenvalue weighted by atomic mass is 35.5. The molecular formula is C8H8ClF2NO3S. The van der Waals surface area contributed by atoms with Gasteiger partial charge in [-0.05, 0) is 24.3 Å². The third-order valence-electron chi connectivity index (χ3n) is 1.50. The largest absolute Gasteiger partial charge is 0.435 e. The van der Waals surface area contributed by atoms with Crippen LogP contribution < -0.4 is 9.46 Å². The number of alkyl halides is 3. The summed E-state index contributed by atoms with van der Waals surface area (Å²) in [7, 11) is -3.58. The lowest BCUT2D eigenvalue weighted by atomic mass is 10.3. The molecule has 0 amide bonds. The minimum absolute atomic E-state index is 0.0520. The summed E-state index contributed by atoms with van der Waals surface area (Å²) in [5.74, 6) is -0.0520. The van der Waals surface area contributed by atoms with Crippen LogP contribution in [0.15, 0.2) is 24.3 Å². The Bertz CT molecular complexity index is 435. The molecule has 0 bridgehead atoms. The Morgan fingerprint density at radius 2 is 1.88 bits per heavy atom. The highest BCUT2D eigenvalue weighted by molar-refractivity contribution is 7.93. The van der Waals surface area contributed by atoms with Gasteiger partial charge in [-0.1, -0.05) is 0 Å². The van der Waals surface area contributed by atoms with E-state index < -0.39 is 21.8 Å². The second-order valence-corrected chi connectivity index (χ2v) is 5.04. The first-order valence-electron chi connectivity index (χ1n) is 4.04. The van der Waals surface area contributed by atoms with Crippen LogP contribution in [0.1, 0.15) is 0 Å². The SMILES string of the molecule is O=S(=O)(CCl)Nc1ccc(OC(F)F)cc1. The zero-order valence-electron chi connectivity index (χ0n) is 7.86. The minimum atomic E-state index is -3.58. The highest BCUT2D eigenvalue weighted by Crippen LogP contribution is 2.18. The zero-order chi connectivity index (χ0) is 12.2. The molecule has 1 N–H and O–H groups in total. The number of halogens is 3. The molecule has 16 heavy (non-hydrogen) atoms. The number of rotatable bonds is 5. The van der Waals surface area contributed by atoms with Gasteiger partial charge >= 0.3 is 6.61 Å². The number of sulfonamides is 1. The molecule has 0 unspecified atom stereocenters. The quantitative estimate of drug-likeness (QED) is 0.836. The molecular weight excluding hydrogens is 264 g/mol. The molecule has 0 aromatic heterocycles. The summed E-state index contributed by atoms with van der Waals surface area (Å²) in [5, 5.41) is -0.581. The van der Waals surface area contributed by atoms with E-state index in [9.17, 15) is 17.2 Å². The molecule has 1 aromatic rings. The Morgan fingerprint density at radius 3 is 2.31 bits per heavy atom. The molecule has 90 valence electrons. The van der Waals surface area contributed by atoms with Crippen LogP contribution >= 0.6 is 11.6 Å². The van der Waals surface area contributed by atoms with Crippen LogP contribution in [0.3, 0.4) is 0 Å². The first-order chi connectivity index (χ1) is 7.43. The van der Waals surface area contributed by atoms with E-state index in [0.29, 0.717) is 0 Å². The Morgan fingerprint density at radius 1 is 1.31 bits per heavy atom. The molecule has 0 aliphatic heterocycles. The summed E-state index contributed by atoms with van der Waals surface area (Å²) in [5.41, 5.74) is 0.224. The molecule has 0 aliphatic carbocycles. The Balaban J connectivity index is 2.72. The van der Waals surface area contributed by atoms with Crippen LogP contribution in [-0.2, 0) is 10.0 Å². The summed E-state index contributed by atoms with van der Waals surface area (Å²) in [6, 6.07) is 5.03. The van der Waals surface area contributed by atoms with Gasteiger partial charge in [0.25, 0.3) is 0 Å². The molecule has 0 spiro atoms. The smallest absolute Gasteiger partial charge is 0.387 e. The van der Waals surface area contributed by atoms with Gasteiger partial charge < -0.3 is 4.74 Å². The summed E-state index contributed by atoms with van der Waals surface area (Å²) in [6.07, 6.45) is 0. The van der Waals surface area contributed by atoms with E-state index in [2.05, 4.69) is 9.46 Å². The van der Waals surface area contributed by atoms with Crippen molar-refractivity contribution in [1.82, 2.24) is 0 Å². The lowest BCUT2D eigenvalue weighted by Crippen LogP contribution is -2.13. The minimum Gasteiger partial charge on any atom is -0.435 e. The number of nitrogens with one attached hydrogen (secondary N) is 1. The van der Waals surface area contributed by atoms with Crippen LogP contribution in [0.2, 0.25) is 0 Å². The molecule has 8 heteroatoms. The van der Waals surface area contributed by atoms with E-state index in [1.807, 2.05) is 0 Å². The number of hydrogen-bond donors (Lipinski definition) is 1. The molecule has 0 saturated heterocycles. The van der Waals surface area contributed by atoms with Gasteiger partial charge in [0, 0.05) is 5.69 Å². The maximum Gasteiger partial charge on any atom is 0.387 e. The van der Waals surface area contributed by atoms with Gasteiger partial charge in [0.15, 0.2) is 0 Å². The summed E-state index contributed by atoms with van der Waals surface area (Å²) < 4.78 is 51.9. The second kappa shape index (κ2) is 5.31. The van der Waals surface area contributed by atoms with Gasteiger partial charge in [-0.3, -0.25) is 4.72 Å². The van der Waals surface area contributed by atoms with Gasteiger partial charge in [0.2, 0.25) is 10.0 Å². The van der Waals surface area contributed by atoms with Gasteiger partial charge in [-0.2, -0.15) is 8.78 Å². The topological polar surface area (TPSA) is 55.4 Å². The van der Waals surface area contributed by atoms with Crippen molar-refractivity contribution in [3.8, 4) is 5.75 Å². The predicted molar refractivity (Wildman–Crippen MR) is 56.3 cm³/mol. The standard InChI is InChI=1S/C8H8ClF2NO3S/c9-5-16(13,14)12-6-1-3-7(4-2-6)15-8(10)11/h1-4,8,12H,5H2. The third-order valence-corrected chi connectivity index (χ3v) is 3.19. The van der Waals surface area contributed by atoms with E-state index in [1.54, 1.807) is 0 Å². The van der Waals surface area contributed by atoms with Gasteiger partial charge in [-0.25, -0.2) is 8.42 Å². The number of hydrogen-bond acceptors (Lipinski definition) is 3. The fourth-order valence-electron chi connectivity index (χ4n) is 0.911. The Kier molecular flexibility index (Phi) is 4.31. The monoisotopic (exact) mass is 271 g/mol. The van der Waals surface area contributed by atoms with Crippen LogP contribution in [0.25, 0.3) is 0 Å². The lowest BCUT2D eigenvalue weighted by molar-refractivity contribution is -0.0498. The third kappa shape index (κ3) is 4.19. The van der Waals surface area contributed by atoms with E-state index in [1.165, 1.54) is 24.3 Å². The number of benzene rings is 1. The van der Waals surface area contributed by atoms with Crippen LogP contribution in [0, 0.1) is 0 Å². The van der Waals surface area contributed by atoms with Gasteiger partial charge in [0.1, 0.15) is 11.0 Å². The maximum absolute atomic E-state index is 11.8. The van der Waals surface area contributed by atoms with E-state index in [0.717, 1.165) is 0 Å². The van der Waals surface area contributed by atoms with Crippen molar-refractivity contribution < 1.29 is 21.9 Å². The fourth-order valence-corrected chi connectivity index (χ4v) is 1.62. The Labute approximate surface area is 96.2 Å². The van der Waals surface area contributed by atoms with Crippen LogP contribution in [0.5, 0.6) is 5.75 Å². The normalized spacial score (nSPS) is 11.5. The molecule has 1 rings (SSSR count). The van der Waals surface area contributed by atoms with E-state index >= 15 is 0 Å². The molecule has 0 radical (unpaired) electrons.